The molecule has 1 aliphatic carbocycles. The Kier molecular flexibility index (Phi) is 5.05. The van der Waals surface area contributed by atoms with Crippen LogP contribution in [0, 0.1) is 11.8 Å². The molecule has 2 rings (SSSR count). The van der Waals surface area contributed by atoms with Crippen molar-refractivity contribution >= 4 is 0 Å². The lowest BCUT2D eigenvalue weighted by molar-refractivity contribution is 0.0546. The lowest BCUT2D eigenvalue weighted by atomic mass is 9.82. The summed E-state index contributed by atoms with van der Waals surface area (Å²) in [6.07, 6.45) is 3.86. The fourth-order valence-electron chi connectivity index (χ4n) is 3.59. The van der Waals surface area contributed by atoms with Gasteiger partial charge < -0.3 is 10.6 Å². The average Bonchev–Trinajstić information content (AvgIpc) is 2.33. The van der Waals surface area contributed by atoms with E-state index >= 15 is 0 Å². The number of piperazine rings is 1. The van der Waals surface area contributed by atoms with Crippen molar-refractivity contribution < 1.29 is 0 Å². The van der Waals surface area contributed by atoms with Gasteiger partial charge in [0.05, 0.1) is 0 Å². The summed E-state index contributed by atoms with van der Waals surface area (Å²) in [6, 6.07) is 1.06. The van der Waals surface area contributed by atoms with E-state index in [2.05, 4.69) is 30.6 Å². The van der Waals surface area contributed by atoms with E-state index in [4.69, 9.17) is 5.73 Å². The van der Waals surface area contributed by atoms with Crippen molar-refractivity contribution in [3.05, 3.63) is 0 Å². The molecule has 1 saturated carbocycles. The highest BCUT2D eigenvalue weighted by Gasteiger charge is 2.32. The second-order valence-electron chi connectivity index (χ2n) is 6.88. The molecule has 0 aromatic heterocycles. The molecule has 0 aromatic rings. The van der Waals surface area contributed by atoms with Crippen molar-refractivity contribution in [2.45, 2.75) is 52.1 Å². The second-order valence-corrected chi connectivity index (χ2v) is 6.88. The minimum absolute atomic E-state index is 0.415. The van der Waals surface area contributed by atoms with Gasteiger partial charge >= 0.3 is 0 Å². The maximum absolute atomic E-state index is 6.33. The third kappa shape index (κ3) is 3.69. The minimum Gasteiger partial charge on any atom is -0.326 e. The van der Waals surface area contributed by atoms with E-state index in [1.165, 1.54) is 52.0 Å². The highest BCUT2D eigenvalue weighted by Crippen LogP contribution is 2.27. The Bertz CT molecular complexity index is 246. The van der Waals surface area contributed by atoms with Gasteiger partial charge in [0.2, 0.25) is 0 Å². The largest absolute Gasteiger partial charge is 0.326 e. The van der Waals surface area contributed by atoms with Gasteiger partial charge in [-0.25, -0.2) is 0 Å². The summed E-state index contributed by atoms with van der Waals surface area (Å²) in [5.74, 6) is 1.65. The Labute approximate surface area is 113 Å². The summed E-state index contributed by atoms with van der Waals surface area (Å²) in [4.78, 5) is 5.27. The zero-order chi connectivity index (χ0) is 13.1. The monoisotopic (exact) mass is 253 g/mol. The molecule has 3 unspecified atom stereocenters. The smallest absolute Gasteiger partial charge is 0.0250 e. The summed E-state index contributed by atoms with van der Waals surface area (Å²) in [6.45, 7) is 13.2. The van der Waals surface area contributed by atoms with Crippen LogP contribution in [-0.4, -0.2) is 54.6 Å². The molecular weight excluding hydrogens is 222 g/mol. The summed E-state index contributed by atoms with van der Waals surface area (Å²) in [5, 5.41) is 0. The average molecular weight is 253 g/mol. The fraction of sp³-hybridized carbons (Fsp3) is 1.00. The van der Waals surface area contributed by atoms with E-state index in [1.807, 2.05) is 0 Å². The lowest BCUT2D eigenvalue weighted by Gasteiger charge is -2.44. The van der Waals surface area contributed by atoms with Crippen molar-refractivity contribution in [3.8, 4) is 0 Å². The van der Waals surface area contributed by atoms with Crippen LogP contribution in [0.5, 0.6) is 0 Å². The third-order valence-electron chi connectivity index (χ3n) is 4.63. The molecule has 1 aliphatic heterocycles. The first-order valence-electron chi connectivity index (χ1n) is 7.78. The van der Waals surface area contributed by atoms with Gasteiger partial charge in [-0.05, 0) is 31.1 Å². The Morgan fingerprint density at radius 2 is 1.78 bits per heavy atom. The van der Waals surface area contributed by atoms with Gasteiger partial charge in [-0.2, -0.15) is 0 Å². The quantitative estimate of drug-likeness (QED) is 0.832. The van der Waals surface area contributed by atoms with Crippen LogP contribution in [-0.2, 0) is 0 Å². The maximum Gasteiger partial charge on any atom is 0.0250 e. The first-order valence-corrected chi connectivity index (χ1v) is 7.78. The molecule has 106 valence electrons. The molecule has 2 aliphatic rings. The summed E-state index contributed by atoms with van der Waals surface area (Å²) in [5.41, 5.74) is 6.33. The molecule has 0 aromatic carbocycles. The Morgan fingerprint density at radius 1 is 1.11 bits per heavy atom. The topological polar surface area (TPSA) is 32.5 Å². The number of nitrogens with two attached hydrogens (primary N) is 1. The number of hydrogen-bond acceptors (Lipinski definition) is 3. The molecule has 3 nitrogen and oxygen atoms in total. The molecular formula is C15H31N3. The van der Waals surface area contributed by atoms with Gasteiger partial charge in [0.25, 0.3) is 0 Å². The van der Waals surface area contributed by atoms with E-state index in [0.29, 0.717) is 12.1 Å². The third-order valence-corrected chi connectivity index (χ3v) is 4.63. The van der Waals surface area contributed by atoms with Gasteiger partial charge in [-0.15, -0.1) is 0 Å². The van der Waals surface area contributed by atoms with Crippen LogP contribution < -0.4 is 5.73 Å². The predicted molar refractivity (Wildman–Crippen MR) is 77.6 cm³/mol. The molecule has 2 fully saturated rings. The minimum atomic E-state index is 0.415. The molecule has 18 heavy (non-hydrogen) atoms. The van der Waals surface area contributed by atoms with E-state index < -0.39 is 0 Å². The van der Waals surface area contributed by atoms with Crippen LogP contribution in [0.1, 0.15) is 40.0 Å². The van der Waals surface area contributed by atoms with Crippen LogP contribution in [0.25, 0.3) is 0 Å². The van der Waals surface area contributed by atoms with Gasteiger partial charge in [0.15, 0.2) is 0 Å². The van der Waals surface area contributed by atoms with Gasteiger partial charge in [-0.1, -0.05) is 20.8 Å². The van der Waals surface area contributed by atoms with E-state index in [-0.39, 0.29) is 0 Å². The molecule has 1 saturated heterocycles. The SMILES string of the molecule is CC(C)CN1CCN(C2CC(C)CCC2N)CC1. The number of nitrogens with zero attached hydrogens (tertiary/aromatic N) is 2. The highest BCUT2D eigenvalue weighted by molar-refractivity contribution is 4.90. The van der Waals surface area contributed by atoms with Crippen LogP contribution in [0.4, 0.5) is 0 Å². The van der Waals surface area contributed by atoms with Crippen LogP contribution in [0.3, 0.4) is 0 Å². The summed E-state index contributed by atoms with van der Waals surface area (Å²) >= 11 is 0. The Hall–Kier alpha value is -0.120. The van der Waals surface area contributed by atoms with E-state index in [9.17, 15) is 0 Å². The zero-order valence-electron chi connectivity index (χ0n) is 12.4. The van der Waals surface area contributed by atoms with Crippen molar-refractivity contribution in [2.75, 3.05) is 32.7 Å². The molecule has 0 bridgehead atoms. The molecule has 1 heterocycles. The zero-order valence-corrected chi connectivity index (χ0v) is 12.4. The molecule has 3 heteroatoms. The number of hydrogen-bond donors (Lipinski definition) is 1. The van der Waals surface area contributed by atoms with Crippen LogP contribution >= 0.6 is 0 Å². The van der Waals surface area contributed by atoms with Crippen molar-refractivity contribution in [1.82, 2.24) is 9.80 Å². The number of rotatable bonds is 3. The predicted octanol–water partition coefficient (Wildman–Crippen LogP) is 1.78. The van der Waals surface area contributed by atoms with Crippen molar-refractivity contribution in [3.63, 3.8) is 0 Å². The van der Waals surface area contributed by atoms with Gasteiger partial charge in [0.1, 0.15) is 0 Å². The normalized spacial score (nSPS) is 36.2. The van der Waals surface area contributed by atoms with Gasteiger partial charge in [-0.3, -0.25) is 4.90 Å². The molecule has 0 radical (unpaired) electrons. The van der Waals surface area contributed by atoms with Crippen molar-refractivity contribution in [2.24, 2.45) is 17.6 Å². The standard InChI is InChI=1S/C15H31N3/c1-12(2)11-17-6-8-18(9-7-17)15-10-13(3)4-5-14(15)16/h12-15H,4-11,16H2,1-3H3. The van der Waals surface area contributed by atoms with E-state index in [1.54, 1.807) is 0 Å². The first kappa shape index (κ1) is 14.3. The summed E-state index contributed by atoms with van der Waals surface area (Å²) in [7, 11) is 0. The first-order chi connectivity index (χ1) is 8.56. The maximum atomic E-state index is 6.33. The molecule has 0 amide bonds. The molecule has 0 spiro atoms. The summed E-state index contributed by atoms with van der Waals surface area (Å²) < 4.78 is 0. The van der Waals surface area contributed by atoms with Crippen LogP contribution in [0.15, 0.2) is 0 Å². The van der Waals surface area contributed by atoms with Crippen LogP contribution in [0.2, 0.25) is 0 Å². The van der Waals surface area contributed by atoms with E-state index in [0.717, 1.165) is 11.8 Å². The van der Waals surface area contributed by atoms with Gasteiger partial charge in [0, 0.05) is 44.8 Å². The second kappa shape index (κ2) is 6.36. The molecule has 2 N–H and O–H groups in total. The Balaban J connectivity index is 1.81. The fourth-order valence-corrected chi connectivity index (χ4v) is 3.59. The molecule has 3 atom stereocenters. The highest BCUT2D eigenvalue weighted by atomic mass is 15.3. The Morgan fingerprint density at radius 3 is 2.39 bits per heavy atom. The van der Waals surface area contributed by atoms with Crippen molar-refractivity contribution in [1.29, 1.82) is 0 Å². The lowest BCUT2D eigenvalue weighted by Crippen LogP contribution is -2.57.